The molecule has 0 saturated heterocycles. The smallest absolute Gasteiger partial charge is 0.339 e. The number of methoxy groups -OCH3 is 1. The van der Waals surface area contributed by atoms with Crippen molar-refractivity contribution in [2.45, 2.75) is 11.4 Å². The molecule has 0 radical (unpaired) electrons. The minimum absolute atomic E-state index is 0.120. The summed E-state index contributed by atoms with van der Waals surface area (Å²) in [6, 6.07) is 6.65. The van der Waals surface area contributed by atoms with Gasteiger partial charge in [-0.15, -0.1) is 0 Å². The lowest BCUT2D eigenvalue weighted by molar-refractivity contribution is 0.0596. The molecule has 0 fully saturated rings. The molecule has 0 atom stereocenters. The number of nitrogens with one attached hydrogen (secondary N) is 1. The summed E-state index contributed by atoms with van der Waals surface area (Å²) in [5.41, 5.74) is -0.311. The van der Waals surface area contributed by atoms with Gasteiger partial charge in [0.15, 0.2) is 17.5 Å². The number of esters is 1. The number of sulfonamides is 1. The highest BCUT2D eigenvalue weighted by Gasteiger charge is 2.22. The molecular formula is C15H12F3NO4S. The number of carbonyl (C=O) groups is 1. The quantitative estimate of drug-likeness (QED) is 0.657. The first-order chi connectivity index (χ1) is 11.3. The van der Waals surface area contributed by atoms with Crippen LogP contribution >= 0.6 is 0 Å². The summed E-state index contributed by atoms with van der Waals surface area (Å²) in [7, 11) is -3.07. The maximum Gasteiger partial charge on any atom is 0.339 e. The van der Waals surface area contributed by atoms with E-state index in [1.807, 2.05) is 0 Å². The number of carbonyl (C=O) groups excluding carboxylic acids is 1. The Morgan fingerprint density at radius 1 is 1.12 bits per heavy atom. The molecule has 0 aliphatic heterocycles. The Balaban J connectivity index is 2.29. The predicted molar refractivity (Wildman–Crippen MR) is 78.1 cm³/mol. The molecule has 9 heteroatoms. The fraction of sp³-hybridized carbons (Fsp3) is 0.133. The third kappa shape index (κ3) is 3.74. The minimum Gasteiger partial charge on any atom is -0.465 e. The highest BCUT2D eigenvalue weighted by molar-refractivity contribution is 7.89. The lowest BCUT2D eigenvalue weighted by Gasteiger charge is -2.10. The van der Waals surface area contributed by atoms with E-state index in [-0.39, 0.29) is 16.0 Å². The van der Waals surface area contributed by atoms with Crippen molar-refractivity contribution < 1.29 is 31.1 Å². The van der Waals surface area contributed by atoms with Crippen LogP contribution in [0.15, 0.2) is 41.3 Å². The van der Waals surface area contributed by atoms with Crippen LogP contribution in [0.25, 0.3) is 0 Å². The molecule has 0 spiro atoms. The van der Waals surface area contributed by atoms with Gasteiger partial charge in [0.25, 0.3) is 0 Å². The second kappa shape index (κ2) is 7.02. The van der Waals surface area contributed by atoms with Crippen molar-refractivity contribution in [2.24, 2.45) is 0 Å². The molecule has 0 bridgehead atoms. The first-order valence-corrected chi connectivity index (χ1v) is 8.05. The molecule has 0 saturated carbocycles. The summed E-state index contributed by atoms with van der Waals surface area (Å²) >= 11 is 0. The lowest BCUT2D eigenvalue weighted by atomic mass is 10.2. The van der Waals surface area contributed by atoms with Crippen LogP contribution in [0.3, 0.4) is 0 Å². The zero-order valence-corrected chi connectivity index (χ0v) is 13.2. The second-order valence-electron chi connectivity index (χ2n) is 4.69. The van der Waals surface area contributed by atoms with Crippen LogP contribution in [-0.2, 0) is 21.3 Å². The van der Waals surface area contributed by atoms with Crippen LogP contribution in [0.1, 0.15) is 15.9 Å². The Kier molecular flexibility index (Phi) is 5.25. The molecular weight excluding hydrogens is 347 g/mol. The van der Waals surface area contributed by atoms with Gasteiger partial charge in [-0.25, -0.2) is 31.1 Å². The Morgan fingerprint density at radius 2 is 1.71 bits per heavy atom. The number of ether oxygens (including phenoxy) is 1. The normalized spacial score (nSPS) is 11.3. The summed E-state index contributed by atoms with van der Waals surface area (Å²) < 4.78 is 70.4. The van der Waals surface area contributed by atoms with Gasteiger partial charge in [0, 0.05) is 6.54 Å². The van der Waals surface area contributed by atoms with Crippen molar-refractivity contribution in [3.8, 4) is 0 Å². The first-order valence-electron chi connectivity index (χ1n) is 6.56. The van der Waals surface area contributed by atoms with E-state index in [0.29, 0.717) is 12.1 Å². The molecule has 2 aromatic rings. The van der Waals surface area contributed by atoms with Gasteiger partial charge in [0.2, 0.25) is 10.0 Å². The van der Waals surface area contributed by atoms with Crippen LogP contribution in [0, 0.1) is 17.5 Å². The van der Waals surface area contributed by atoms with E-state index in [4.69, 9.17) is 0 Å². The van der Waals surface area contributed by atoms with Gasteiger partial charge in [-0.05, 0) is 29.8 Å². The molecule has 128 valence electrons. The van der Waals surface area contributed by atoms with E-state index in [1.165, 1.54) is 24.3 Å². The molecule has 0 amide bonds. The third-order valence-electron chi connectivity index (χ3n) is 3.09. The Labute approximate surface area is 136 Å². The van der Waals surface area contributed by atoms with Crippen molar-refractivity contribution in [3.63, 3.8) is 0 Å². The van der Waals surface area contributed by atoms with Gasteiger partial charge in [-0.2, -0.15) is 0 Å². The van der Waals surface area contributed by atoms with Crippen LogP contribution in [-0.4, -0.2) is 21.5 Å². The second-order valence-corrected chi connectivity index (χ2v) is 6.42. The van der Waals surface area contributed by atoms with Crippen LogP contribution in [0.5, 0.6) is 0 Å². The SMILES string of the molecule is COC(=O)c1ccccc1S(=O)(=O)NCc1cc(F)c(F)c(F)c1. The van der Waals surface area contributed by atoms with E-state index < -0.39 is 40.0 Å². The van der Waals surface area contributed by atoms with Gasteiger partial charge in [0.1, 0.15) is 0 Å². The van der Waals surface area contributed by atoms with E-state index in [0.717, 1.165) is 7.11 Å². The van der Waals surface area contributed by atoms with Crippen LogP contribution in [0.2, 0.25) is 0 Å². The topological polar surface area (TPSA) is 72.5 Å². The number of hydrogen-bond donors (Lipinski definition) is 1. The lowest BCUT2D eigenvalue weighted by Crippen LogP contribution is -2.25. The molecule has 24 heavy (non-hydrogen) atoms. The van der Waals surface area contributed by atoms with Crippen molar-refractivity contribution in [1.82, 2.24) is 4.72 Å². The van der Waals surface area contributed by atoms with Gasteiger partial charge in [0.05, 0.1) is 17.6 Å². The van der Waals surface area contributed by atoms with E-state index in [9.17, 15) is 26.4 Å². The standard InChI is InChI=1S/C15H12F3NO4S/c1-23-15(20)10-4-2-3-5-13(10)24(21,22)19-8-9-6-11(16)14(18)12(17)7-9/h2-7,19H,8H2,1H3. The third-order valence-corrected chi connectivity index (χ3v) is 4.55. The van der Waals surface area contributed by atoms with Gasteiger partial charge < -0.3 is 4.74 Å². The predicted octanol–water partition coefficient (Wildman–Crippen LogP) is 2.37. The molecule has 2 rings (SSSR count). The molecule has 0 unspecified atom stereocenters. The highest BCUT2D eigenvalue weighted by atomic mass is 32.2. The fourth-order valence-electron chi connectivity index (χ4n) is 1.95. The monoisotopic (exact) mass is 359 g/mol. The Morgan fingerprint density at radius 3 is 2.29 bits per heavy atom. The van der Waals surface area contributed by atoms with Crippen molar-refractivity contribution in [3.05, 3.63) is 65.0 Å². The maximum atomic E-state index is 13.1. The number of halogens is 3. The van der Waals surface area contributed by atoms with E-state index in [1.54, 1.807) is 0 Å². The number of hydrogen-bond acceptors (Lipinski definition) is 4. The molecule has 0 heterocycles. The zero-order chi connectivity index (χ0) is 17.9. The fourth-order valence-corrected chi connectivity index (χ4v) is 3.16. The van der Waals surface area contributed by atoms with Crippen LogP contribution < -0.4 is 4.72 Å². The Hall–Kier alpha value is -2.39. The van der Waals surface area contributed by atoms with Gasteiger partial charge in [-0.3, -0.25) is 0 Å². The molecule has 2 aromatic carbocycles. The summed E-state index contributed by atoms with van der Waals surface area (Å²) in [4.78, 5) is 11.3. The summed E-state index contributed by atoms with van der Waals surface area (Å²) in [5.74, 6) is -5.36. The van der Waals surface area contributed by atoms with E-state index >= 15 is 0 Å². The van der Waals surface area contributed by atoms with Gasteiger partial charge in [-0.1, -0.05) is 12.1 Å². The molecule has 5 nitrogen and oxygen atoms in total. The summed E-state index contributed by atoms with van der Waals surface area (Å²) in [6.45, 7) is -0.494. The largest absolute Gasteiger partial charge is 0.465 e. The first kappa shape index (κ1) is 18.0. The highest BCUT2D eigenvalue weighted by Crippen LogP contribution is 2.18. The van der Waals surface area contributed by atoms with Crippen molar-refractivity contribution >= 4 is 16.0 Å². The number of rotatable bonds is 5. The maximum absolute atomic E-state index is 13.1. The number of benzene rings is 2. The van der Waals surface area contributed by atoms with E-state index in [2.05, 4.69) is 9.46 Å². The summed E-state index contributed by atoms with van der Waals surface area (Å²) in [6.07, 6.45) is 0. The Bertz CT molecular complexity index is 861. The minimum atomic E-state index is -4.17. The van der Waals surface area contributed by atoms with Crippen LogP contribution in [0.4, 0.5) is 13.2 Å². The molecule has 0 aliphatic carbocycles. The average Bonchev–Trinajstić information content (AvgIpc) is 2.57. The molecule has 0 aliphatic rings. The molecule has 0 aromatic heterocycles. The van der Waals surface area contributed by atoms with Crippen molar-refractivity contribution in [2.75, 3.05) is 7.11 Å². The summed E-state index contributed by atoms with van der Waals surface area (Å²) in [5, 5.41) is 0. The van der Waals surface area contributed by atoms with Crippen molar-refractivity contribution in [1.29, 1.82) is 0 Å². The average molecular weight is 359 g/mol. The van der Waals surface area contributed by atoms with Gasteiger partial charge >= 0.3 is 5.97 Å². The zero-order valence-electron chi connectivity index (χ0n) is 12.3. The molecule has 1 N–H and O–H groups in total.